The Morgan fingerprint density at radius 2 is 2.25 bits per heavy atom. The van der Waals surface area contributed by atoms with E-state index >= 15 is 0 Å². The molecule has 0 aliphatic carbocycles. The van der Waals surface area contributed by atoms with Gasteiger partial charge >= 0.3 is 0 Å². The first-order chi connectivity index (χ1) is 9.52. The normalized spacial score (nSPS) is 11.8. The van der Waals surface area contributed by atoms with Crippen molar-refractivity contribution in [3.63, 3.8) is 0 Å². The molecule has 2 rings (SSSR count). The molecule has 0 bridgehead atoms. The maximum absolute atomic E-state index is 13.9. The molecule has 1 heterocycles. The molecule has 0 unspecified atom stereocenters. The minimum Gasteiger partial charge on any atom is -0.409 e. The molecular formula is C12H14FN5OS. The van der Waals surface area contributed by atoms with E-state index in [2.05, 4.69) is 15.4 Å². The first-order valence-corrected chi connectivity index (χ1v) is 6.76. The highest BCUT2D eigenvalue weighted by Gasteiger charge is 2.10. The minimum atomic E-state index is -0.402. The Labute approximate surface area is 119 Å². The topological polar surface area (TPSA) is 89.3 Å². The number of thioether (sulfide) groups is 1. The summed E-state index contributed by atoms with van der Waals surface area (Å²) < 4.78 is 15.7. The smallest absolute Gasteiger partial charge is 0.191 e. The highest BCUT2D eigenvalue weighted by atomic mass is 32.2. The van der Waals surface area contributed by atoms with Gasteiger partial charge in [0.2, 0.25) is 0 Å². The van der Waals surface area contributed by atoms with Crippen LogP contribution in [-0.2, 0) is 12.8 Å². The molecule has 0 radical (unpaired) electrons. The van der Waals surface area contributed by atoms with Crippen molar-refractivity contribution in [2.75, 3.05) is 0 Å². The van der Waals surface area contributed by atoms with Gasteiger partial charge in [-0.15, -0.1) is 10.2 Å². The fourth-order valence-electron chi connectivity index (χ4n) is 1.54. The molecule has 2 aromatic rings. The molecule has 20 heavy (non-hydrogen) atoms. The monoisotopic (exact) mass is 295 g/mol. The van der Waals surface area contributed by atoms with Gasteiger partial charge in [0.1, 0.15) is 11.6 Å². The molecule has 0 saturated carbocycles. The lowest BCUT2D eigenvalue weighted by molar-refractivity contribution is 0.318. The largest absolute Gasteiger partial charge is 0.409 e. The summed E-state index contributed by atoms with van der Waals surface area (Å²) in [7, 11) is 1.86. The van der Waals surface area contributed by atoms with Gasteiger partial charge in [0.15, 0.2) is 11.0 Å². The fourth-order valence-corrected chi connectivity index (χ4v) is 2.48. The van der Waals surface area contributed by atoms with Crippen LogP contribution in [0.4, 0.5) is 4.39 Å². The van der Waals surface area contributed by atoms with E-state index in [1.54, 1.807) is 12.1 Å². The summed E-state index contributed by atoms with van der Waals surface area (Å²) in [5.74, 6) is 0.705. The second-order valence-corrected chi connectivity index (χ2v) is 5.11. The lowest BCUT2D eigenvalue weighted by atomic mass is 10.1. The summed E-state index contributed by atoms with van der Waals surface area (Å²) in [5, 5.41) is 20.1. The number of aromatic nitrogens is 3. The Morgan fingerprint density at radius 3 is 2.80 bits per heavy atom. The first kappa shape index (κ1) is 14.3. The highest BCUT2D eigenvalue weighted by Crippen LogP contribution is 2.23. The number of amidine groups is 1. The van der Waals surface area contributed by atoms with Crippen LogP contribution < -0.4 is 5.73 Å². The van der Waals surface area contributed by atoms with Gasteiger partial charge < -0.3 is 15.5 Å². The molecule has 0 atom stereocenters. The Bertz CT molecular complexity index is 655. The molecule has 1 aromatic heterocycles. The van der Waals surface area contributed by atoms with Crippen LogP contribution in [0.25, 0.3) is 0 Å². The first-order valence-electron chi connectivity index (χ1n) is 5.78. The third-order valence-electron chi connectivity index (χ3n) is 2.87. The van der Waals surface area contributed by atoms with Crippen molar-refractivity contribution in [1.29, 1.82) is 0 Å². The van der Waals surface area contributed by atoms with Crippen LogP contribution in [0.5, 0.6) is 0 Å². The van der Waals surface area contributed by atoms with Gasteiger partial charge in [0.05, 0.1) is 0 Å². The van der Waals surface area contributed by atoms with Crippen molar-refractivity contribution < 1.29 is 9.60 Å². The molecule has 3 N–H and O–H groups in total. The summed E-state index contributed by atoms with van der Waals surface area (Å²) in [6.07, 6.45) is 0. The Morgan fingerprint density at radius 1 is 1.50 bits per heavy atom. The lowest BCUT2D eigenvalue weighted by Crippen LogP contribution is -2.13. The van der Waals surface area contributed by atoms with Crippen LogP contribution in [0.1, 0.15) is 17.0 Å². The van der Waals surface area contributed by atoms with Gasteiger partial charge in [-0.25, -0.2) is 4.39 Å². The Kier molecular flexibility index (Phi) is 4.23. The van der Waals surface area contributed by atoms with Crippen molar-refractivity contribution in [3.8, 4) is 0 Å². The average Bonchev–Trinajstić information content (AvgIpc) is 2.76. The third-order valence-corrected chi connectivity index (χ3v) is 3.93. The van der Waals surface area contributed by atoms with E-state index in [0.29, 0.717) is 16.9 Å². The number of nitrogens with zero attached hydrogens (tertiary/aromatic N) is 4. The summed E-state index contributed by atoms with van der Waals surface area (Å²) in [5.41, 5.74) is 6.27. The van der Waals surface area contributed by atoms with Crippen LogP contribution >= 0.6 is 11.8 Å². The fraction of sp³-hybridized carbons (Fsp3) is 0.250. The quantitative estimate of drug-likeness (QED) is 0.294. The second kappa shape index (κ2) is 5.91. The number of hydrogen-bond acceptors (Lipinski definition) is 5. The van der Waals surface area contributed by atoms with E-state index in [1.807, 2.05) is 18.5 Å². The molecule has 0 fully saturated rings. The van der Waals surface area contributed by atoms with Crippen molar-refractivity contribution in [2.24, 2.45) is 17.9 Å². The van der Waals surface area contributed by atoms with E-state index in [9.17, 15) is 4.39 Å². The van der Waals surface area contributed by atoms with Gasteiger partial charge in [-0.05, 0) is 18.6 Å². The maximum atomic E-state index is 13.9. The van der Waals surface area contributed by atoms with E-state index in [4.69, 9.17) is 10.9 Å². The van der Waals surface area contributed by atoms with Crippen molar-refractivity contribution >= 4 is 17.6 Å². The molecule has 1 aromatic carbocycles. The van der Waals surface area contributed by atoms with Gasteiger partial charge in [0.25, 0.3) is 0 Å². The minimum absolute atomic E-state index is 0.118. The van der Waals surface area contributed by atoms with Crippen molar-refractivity contribution in [2.45, 2.75) is 17.8 Å². The van der Waals surface area contributed by atoms with E-state index < -0.39 is 5.82 Å². The number of oxime groups is 1. The molecule has 0 spiro atoms. The average molecular weight is 295 g/mol. The van der Waals surface area contributed by atoms with Gasteiger partial charge in [-0.1, -0.05) is 29.1 Å². The van der Waals surface area contributed by atoms with E-state index in [0.717, 1.165) is 11.0 Å². The molecule has 8 heteroatoms. The van der Waals surface area contributed by atoms with Gasteiger partial charge in [0, 0.05) is 18.4 Å². The zero-order chi connectivity index (χ0) is 14.7. The van der Waals surface area contributed by atoms with Crippen LogP contribution in [0, 0.1) is 12.7 Å². The Hall–Kier alpha value is -2.09. The van der Waals surface area contributed by atoms with Crippen molar-refractivity contribution in [3.05, 3.63) is 41.0 Å². The van der Waals surface area contributed by atoms with Gasteiger partial charge in [-0.2, -0.15) is 0 Å². The zero-order valence-corrected chi connectivity index (χ0v) is 11.9. The van der Waals surface area contributed by atoms with Crippen molar-refractivity contribution in [1.82, 2.24) is 14.8 Å². The van der Waals surface area contributed by atoms with Crippen LogP contribution in [-0.4, -0.2) is 25.8 Å². The van der Waals surface area contributed by atoms with E-state index in [1.165, 1.54) is 17.8 Å². The SMILES string of the molecule is Cc1nnc(SCc2ccc(C(N)=NO)cc2F)n1C. The predicted octanol–water partition coefficient (Wildman–Crippen LogP) is 1.65. The highest BCUT2D eigenvalue weighted by molar-refractivity contribution is 7.98. The standard InChI is InChI=1S/C12H14FN5OS/c1-7-15-16-12(18(7)2)20-6-9-4-3-8(5-10(9)13)11(14)17-19/h3-5,19H,6H2,1-2H3,(H2,14,17). The Balaban J connectivity index is 2.13. The number of rotatable bonds is 4. The van der Waals surface area contributed by atoms with E-state index in [-0.39, 0.29) is 5.84 Å². The summed E-state index contributed by atoms with van der Waals surface area (Å²) in [4.78, 5) is 0. The summed E-state index contributed by atoms with van der Waals surface area (Å²) in [6, 6.07) is 4.46. The third kappa shape index (κ3) is 2.90. The van der Waals surface area contributed by atoms with Crippen LogP contribution in [0.2, 0.25) is 0 Å². The van der Waals surface area contributed by atoms with Crippen LogP contribution in [0.15, 0.2) is 28.5 Å². The molecule has 0 aliphatic rings. The summed E-state index contributed by atoms with van der Waals surface area (Å²) >= 11 is 1.39. The number of aryl methyl sites for hydroxylation is 1. The predicted molar refractivity (Wildman–Crippen MR) is 74.2 cm³/mol. The molecule has 6 nitrogen and oxygen atoms in total. The number of nitrogens with two attached hydrogens (primary N) is 1. The molecule has 106 valence electrons. The molecule has 0 saturated heterocycles. The van der Waals surface area contributed by atoms with Crippen LogP contribution in [0.3, 0.4) is 0 Å². The lowest BCUT2D eigenvalue weighted by Gasteiger charge is -2.05. The van der Waals surface area contributed by atoms with Gasteiger partial charge in [-0.3, -0.25) is 0 Å². The molecular weight excluding hydrogens is 281 g/mol. The number of halogens is 1. The number of benzene rings is 1. The molecule has 0 aliphatic heterocycles. The second-order valence-electron chi connectivity index (χ2n) is 4.17. The summed E-state index contributed by atoms with van der Waals surface area (Å²) in [6.45, 7) is 1.85. The number of hydrogen-bond donors (Lipinski definition) is 2. The maximum Gasteiger partial charge on any atom is 0.191 e. The molecule has 0 amide bonds. The zero-order valence-electron chi connectivity index (χ0n) is 11.0.